The van der Waals surface area contributed by atoms with Crippen LogP contribution in [0.15, 0.2) is 58.4 Å². The Bertz CT molecular complexity index is 1320. The molecule has 2 aromatic carbocycles. The molecule has 1 aromatic heterocycles. The molecule has 9 heteroatoms. The predicted octanol–water partition coefficient (Wildman–Crippen LogP) is 2.85. The van der Waals surface area contributed by atoms with E-state index in [0.717, 1.165) is 33.4 Å². The summed E-state index contributed by atoms with van der Waals surface area (Å²) in [4.78, 5) is 16.9. The van der Waals surface area contributed by atoms with Gasteiger partial charge in [0.05, 0.1) is 12.3 Å². The average Bonchev–Trinajstić information content (AvgIpc) is 2.86. The standard InChI is InChI=1S/C22H19ClFN3O3S/c1-27-12-19-15(9-21(27)28)11-25-22(13-2-4-16(24)5-3-13)18-10-20(23)14(8-17(18)19)6-7-26-31(29)30/h2-5,8-10,12,31H,6-7,11H2,1H3,(H,26,29,30). The van der Waals surface area contributed by atoms with Gasteiger partial charge in [0.1, 0.15) is 5.82 Å². The van der Waals surface area contributed by atoms with E-state index in [9.17, 15) is 17.6 Å². The van der Waals surface area contributed by atoms with E-state index >= 15 is 0 Å². The molecule has 0 saturated heterocycles. The highest BCUT2D eigenvalue weighted by Gasteiger charge is 2.22. The zero-order valence-electron chi connectivity index (χ0n) is 16.6. The van der Waals surface area contributed by atoms with Gasteiger partial charge in [-0.05, 0) is 59.5 Å². The Kier molecular flexibility index (Phi) is 6.04. The molecule has 0 bridgehead atoms. The highest BCUT2D eigenvalue weighted by molar-refractivity contribution is 7.70. The minimum atomic E-state index is -2.69. The second kappa shape index (κ2) is 8.74. The van der Waals surface area contributed by atoms with Gasteiger partial charge in [-0.15, -0.1) is 0 Å². The second-order valence-corrected chi connectivity index (χ2v) is 8.48. The van der Waals surface area contributed by atoms with Crippen LogP contribution in [0.5, 0.6) is 0 Å². The molecule has 0 aliphatic carbocycles. The zero-order valence-corrected chi connectivity index (χ0v) is 18.2. The normalized spacial score (nSPS) is 12.8. The van der Waals surface area contributed by atoms with Crippen LogP contribution < -0.4 is 10.3 Å². The number of rotatable bonds is 5. The predicted molar refractivity (Wildman–Crippen MR) is 120 cm³/mol. The maximum Gasteiger partial charge on any atom is 0.250 e. The Balaban J connectivity index is 1.91. The number of halogens is 2. The molecule has 6 nitrogen and oxygen atoms in total. The number of nitrogens with zero attached hydrogens (tertiary/aromatic N) is 2. The van der Waals surface area contributed by atoms with Gasteiger partial charge in [0, 0.05) is 47.6 Å². The lowest BCUT2D eigenvalue weighted by atomic mass is 9.91. The SMILES string of the molecule is Cn1cc2c(cc1=O)CN=C(c1ccc(F)cc1)c1cc(Cl)c(CCN[SH](=O)=O)cc1-2. The number of hydrogen-bond acceptors (Lipinski definition) is 4. The molecule has 0 saturated carbocycles. The molecule has 1 aliphatic rings. The van der Waals surface area contributed by atoms with E-state index in [1.165, 1.54) is 16.7 Å². The first-order chi connectivity index (χ1) is 14.8. The van der Waals surface area contributed by atoms with E-state index in [1.54, 1.807) is 37.5 Å². The topological polar surface area (TPSA) is 80.5 Å². The zero-order chi connectivity index (χ0) is 22.1. The van der Waals surface area contributed by atoms with Gasteiger partial charge in [0.2, 0.25) is 10.9 Å². The van der Waals surface area contributed by atoms with E-state index in [1.807, 2.05) is 6.07 Å². The van der Waals surface area contributed by atoms with Crippen LogP contribution in [0.1, 0.15) is 22.3 Å². The Hall–Kier alpha value is -2.81. The third kappa shape index (κ3) is 4.46. The number of fused-ring (bicyclic) bond motifs is 3. The molecule has 3 aromatic rings. The molecular formula is C22H19ClFN3O3S. The fraction of sp³-hybridized carbons (Fsp3) is 0.182. The van der Waals surface area contributed by atoms with Crippen molar-refractivity contribution in [2.75, 3.05) is 6.54 Å². The summed E-state index contributed by atoms with van der Waals surface area (Å²) in [7, 11) is -1.01. The van der Waals surface area contributed by atoms with Gasteiger partial charge in [-0.1, -0.05) is 11.6 Å². The molecule has 0 radical (unpaired) electrons. The lowest BCUT2D eigenvalue weighted by Crippen LogP contribution is -2.17. The van der Waals surface area contributed by atoms with Crippen molar-refractivity contribution in [3.63, 3.8) is 0 Å². The number of aryl methyl sites for hydroxylation is 1. The summed E-state index contributed by atoms with van der Waals surface area (Å²) < 4.78 is 39.0. The molecule has 0 fully saturated rings. The van der Waals surface area contributed by atoms with Gasteiger partial charge in [-0.25, -0.2) is 17.5 Å². The Labute approximate surface area is 185 Å². The van der Waals surface area contributed by atoms with Crippen molar-refractivity contribution in [3.8, 4) is 11.1 Å². The maximum absolute atomic E-state index is 13.5. The van der Waals surface area contributed by atoms with E-state index in [2.05, 4.69) is 4.72 Å². The highest BCUT2D eigenvalue weighted by atomic mass is 35.5. The van der Waals surface area contributed by atoms with Crippen molar-refractivity contribution in [2.24, 2.45) is 12.0 Å². The summed E-state index contributed by atoms with van der Waals surface area (Å²) in [6.45, 7) is 0.508. The summed E-state index contributed by atoms with van der Waals surface area (Å²) in [6.07, 6.45) is 2.17. The number of thiol groups is 1. The van der Waals surface area contributed by atoms with Crippen molar-refractivity contribution in [3.05, 3.63) is 92.1 Å². The number of nitrogens with one attached hydrogen (secondary N) is 1. The average molecular weight is 460 g/mol. The van der Waals surface area contributed by atoms with Gasteiger partial charge in [0.25, 0.3) is 5.56 Å². The van der Waals surface area contributed by atoms with Crippen LogP contribution in [0.4, 0.5) is 4.39 Å². The first-order valence-corrected chi connectivity index (χ1v) is 11.1. The van der Waals surface area contributed by atoms with E-state index < -0.39 is 10.9 Å². The van der Waals surface area contributed by atoms with Crippen LogP contribution in [0.25, 0.3) is 11.1 Å². The Morgan fingerprint density at radius 3 is 2.58 bits per heavy atom. The lowest BCUT2D eigenvalue weighted by Gasteiger charge is -2.16. The molecule has 1 N–H and O–H groups in total. The number of pyridine rings is 1. The fourth-order valence-electron chi connectivity index (χ4n) is 3.66. The van der Waals surface area contributed by atoms with E-state index in [-0.39, 0.29) is 24.5 Å². The molecule has 2 heterocycles. The smallest absolute Gasteiger partial charge is 0.250 e. The molecule has 1 aliphatic heterocycles. The summed E-state index contributed by atoms with van der Waals surface area (Å²) in [6, 6.07) is 11.3. The van der Waals surface area contributed by atoms with Gasteiger partial charge in [-0.2, -0.15) is 0 Å². The number of hydrogen-bond donors (Lipinski definition) is 2. The molecule has 4 rings (SSSR count). The highest BCUT2D eigenvalue weighted by Crippen LogP contribution is 2.35. The minimum Gasteiger partial charge on any atom is -0.318 e. The van der Waals surface area contributed by atoms with Crippen LogP contribution >= 0.6 is 11.6 Å². The third-order valence-electron chi connectivity index (χ3n) is 5.21. The number of aromatic nitrogens is 1. The molecule has 0 atom stereocenters. The molecule has 0 spiro atoms. The fourth-order valence-corrected chi connectivity index (χ4v) is 4.21. The van der Waals surface area contributed by atoms with Gasteiger partial charge in [-0.3, -0.25) is 9.79 Å². The molecule has 160 valence electrons. The van der Waals surface area contributed by atoms with Crippen LogP contribution in [-0.2, 0) is 30.9 Å². The third-order valence-corrected chi connectivity index (χ3v) is 6.04. The first kappa shape index (κ1) is 21.4. The van der Waals surface area contributed by atoms with Crippen molar-refractivity contribution in [2.45, 2.75) is 13.0 Å². The lowest BCUT2D eigenvalue weighted by molar-refractivity contribution is 0.602. The van der Waals surface area contributed by atoms with E-state index in [4.69, 9.17) is 16.6 Å². The van der Waals surface area contributed by atoms with Gasteiger partial charge >= 0.3 is 0 Å². The number of aliphatic imine (C=N–C) groups is 1. The Morgan fingerprint density at radius 1 is 1.13 bits per heavy atom. The Morgan fingerprint density at radius 2 is 1.87 bits per heavy atom. The summed E-state index contributed by atoms with van der Waals surface area (Å²) in [5.41, 5.74) is 5.22. The summed E-state index contributed by atoms with van der Waals surface area (Å²) in [5.74, 6) is -0.345. The summed E-state index contributed by atoms with van der Waals surface area (Å²) >= 11 is 6.54. The van der Waals surface area contributed by atoms with Crippen LogP contribution in [-0.4, -0.2) is 25.2 Å². The monoisotopic (exact) mass is 459 g/mol. The molecule has 31 heavy (non-hydrogen) atoms. The molecule has 0 amide bonds. The van der Waals surface area contributed by atoms with Crippen molar-refractivity contribution < 1.29 is 12.8 Å². The van der Waals surface area contributed by atoms with Crippen LogP contribution in [0.2, 0.25) is 5.02 Å². The minimum absolute atomic E-state index is 0.140. The van der Waals surface area contributed by atoms with Crippen LogP contribution in [0, 0.1) is 5.82 Å². The second-order valence-electron chi connectivity index (χ2n) is 7.24. The molecule has 0 unspecified atom stereocenters. The van der Waals surface area contributed by atoms with Gasteiger partial charge in [0.15, 0.2) is 0 Å². The van der Waals surface area contributed by atoms with Crippen molar-refractivity contribution in [1.82, 2.24) is 9.29 Å². The number of benzene rings is 2. The quantitative estimate of drug-likeness (QED) is 0.576. The van der Waals surface area contributed by atoms with Crippen LogP contribution in [0.3, 0.4) is 0 Å². The van der Waals surface area contributed by atoms with E-state index in [0.29, 0.717) is 17.2 Å². The largest absolute Gasteiger partial charge is 0.318 e. The maximum atomic E-state index is 13.5. The van der Waals surface area contributed by atoms with Gasteiger partial charge < -0.3 is 4.57 Å². The van der Waals surface area contributed by atoms with Crippen molar-refractivity contribution in [1.29, 1.82) is 0 Å². The first-order valence-electron chi connectivity index (χ1n) is 9.54. The molecular weight excluding hydrogens is 441 g/mol. The summed E-state index contributed by atoms with van der Waals surface area (Å²) in [5, 5.41) is 0.477. The van der Waals surface area contributed by atoms with Crippen molar-refractivity contribution >= 4 is 28.2 Å².